The molecule has 3 rings (SSSR count). The first-order valence-electron chi connectivity index (χ1n) is 10.0. The van der Waals surface area contributed by atoms with Gasteiger partial charge in [0.1, 0.15) is 5.75 Å². The Morgan fingerprint density at radius 3 is 2.63 bits per heavy atom. The Morgan fingerprint density at radius 1 is 1.22 bits per heavy atom. The number of methoxy groups -OCH3 is 1. The zero-order valence-corrected chi connectivity index (χ0v) is 16.4. The van der Waals surface area contributed by atoms with Crippen molar-refractivity contribution in [1.82, 2.24) is 10.2 Å². The van der Waals surface area contributed by atoms with Crippen LogP contribution in [-0.2, 0) is 16.1 Å². The number of nitrogens with zero attached hydrogens (tertiary/aromatic N) is 2. The molecule has 148 valence electrons. The number of para-hydroxylation sites is 1. The Hall–Kier alpha value is -2.24. The number of hydrogen-bond acceptors (Lipinski definition) is 4. The van der Waals surface area contributed by atoms with Gasteiger partial charge in [-0.3, -0.25) is 4.79 Å². The van der Waals surface area contributed by atoms with E-state index in [4.69, 9.17) is 14.5 Å². The van der Waals surface area contributed by atoms with Crippen molar-refractivity contribution < 1.29 is 14.3 Å². The van der Waals surface area contributed by atoms with Gasteiger partial charge in [0.05, 0.1) is 26.2 Å². The molecule has 0 bridgehead atoms. The fourth-order valence-electron chi connectivity index (χ4n) is 3.35. The largest absolute Gasteiger partial charge is 0.493 e. The third-order valence-corrected chi connectivity index (χ3v) is 5.21. The van der Waals surface area contributed by atoms with Crippen molar-refractivity contribution in [3.05, 3.63) is 29.8 Å². The van der Waals surface area contributed by atoms with Crippen molar-refractivity contribution in [1.29, 1.82) is 0 Å². The fraction of sp³-hybridized carbons (Fsp3) is 0.619. The molecule has 2 aliphatic rings. The second-order valence-corrected chi connectivity index (χ2v) is 7.32. The fourth-order valence-corrected chi connectivity index (χ4v) is 3.35. The molecule has 0 unspecified atom stereocenters. The average molecular weight is 373 g/mol. The normalized spacial score (nSPS) is 18.3. The number of aliphatic imine (C=N–C) groups is 1. The highest BCUT2D eigenvalue weighted by Gasteiger charge is 2.27. The number of guanidine groups is 1. The molecule has 1 N–H and O–H groups in total. The quantitative estimate of drug-likeness (QED) is 0.452. The molecule has 6 heteroatoms. The molecule has 0 amide bonds. The Bertz CT molecular complexity index is 650. The molecule has 1 aliphatic carbocycles. The summed E-state index contributed by atoms with van der Waals surface area (Å²) >= 11 is 0. The second-order valence-electron chi connectivity index (χ2n) is 7.32. The molecule has 0 aromatic heterocycles. The third kappa shape index (κ3) is 5.62. The summed E-state index contributed by atoms with van der Waals surface area (Å²) in [7, 11) is 1.46. The SMILES string of the molecule is CCNC(=NCc1ccccc1OCC1CC1)N1CCC(C(=O)OC)CC1. The molecule has 1 heterocycles. The van der Waals surface area contributed by atoms with Crippen LogP contribution in [0.25, 0.3) is 0 Å². The van der Waals surface area contributed by atoms with Gasteiger partial charge in [0.2, 0.25) is 0 Å². The smallest absolute Gasteiger partial charge is 0.308 e. The van der Waals surface area contributed by atoms with E-state index in [1.807, 2.05) is 18.2 Å². The molecule has 6 nitrogen and oxygen atoms in total. The molecular formula is C21H31N3O3. The summed E-state index contributed by atoms with van der Waals surface area (Å²) in [5.74, 6) is 2.48. The molecule has 0 spiro atoms. The maximum absolute atomic E-state index is 11.7. The van der Waals surface area contributed by atoms with Gasteiger partial charge in [0.25, 0.3) is 0 Å². The summed E-state index contributed by atoms with van der Waals surface area (Å²) in [4.78, 5) is 18.8. The lowest BCUT2D eigenvalue weighted by atomic mass is 9.97. The minimum Gasteiger partial charge on any atom is -0.493 e. The van der Waals surface area contributed by atoms with Crippen LogP contribution < -0.4 is 10.1 Å². The van der Waals surface area contributed by atoms with Crippen molar-refractivity contribution in [3.63, 3.8) is 0 Å². The van der Waals surface area contributed by atoms with Gasteiger partial charge in [0.15, 0.2) is 5.96 Å². The Kier molecular flexibility index (Phi) is 6.96. The van der Waals surface area contributed by atoms with E-state index in [0.29, 0.717) is 6.54 Å². The van der Waals surface area contributed by atoms with E-state index in [-0.39, 0.29) is 11.9 Å². The van der Waals surface area contributed by atoms with Gasteiger partial charge in [0, 0.05) is 25.2 Å². The maximum atomic E-state index is 11.7. The van der Waals surface area contributed by atoms with Gasteiger partial charge in [-0.25, -0.2) is 4.99 Å². The molecule has 1 saturated carbocycles. The second kappa shape index (κ2) is 9.62. The van der Waals surface area contributed by atoms with E-state index >= 15 is 0 Å². The first kappa shape index (κ1) is 19.5. The number of carbonyl (C=O) groups is 1. The lowest BCUT2D eigenvalue weighted by Crippen LogP contribution is -2.46. The number of piperidine rings is 1. The van der Waals surface area contributed by atoms with E-state index in [2.05, 4.69) is 23.2 Å². The minimum atomic E-state index is -0.0988. The summed E-state index contributed by atoms with van der Waals surface area (Å²) < 4.78 is 10.9. The molecule has 27 heavy (non-hydrogen) atoms. The predicted molar refractivity (Wildman–Crippen MR) is 106 cm³/mol. The number of nitrogens with one attached hydrogen (secondary N) is 1. The number of benzene rings is 1. The van der Waals surface area contributed by atoms with Gasteiger partial charge in [-0.2, -0.15) is 0 Å². The number of likely N-dealkylation sites (tertiary alicyclic amines) is 1. The first-order valence-corrected chi connectivity index (χ1v) is 10.0. The van der Waals surface area contributed by atoms with Gasteiger partial charge in [-0.1, -0.05) is 18.2 Å². The summed E-state index contributed by atoms with van der Waals surface area (Å²) in [5, 5.41) is 3.38. The lowest BCUT2D eigenvalue weighted by molar-refractivity contribution is -0.146. The molecule has 1 aliphatic heterocycles. The summed E-state index contributed by atoms with van der Waals surface area (Å²) in [6.07, 6.45) is 4.18. The zero-order valence-electron chi connectivity index (χ0n) is 16.4. The molecule has 1 aromatic carbocycles. The average Bonchev–Trinajstić information content (AvgIpc) is 3.54. The molecular weight excluding hydrogens is 342 g/mol. The van der Waals surface area contributed by atoms with E-state index in [1.165, 1.54) is 20.0 Å². The monoisotopic (exact) mass is 373 g/mol. The Morgan fingerprint density at radius 2 is 1.96 bits per heavy atom. The van der Waals surface area contributed by atoms with Crippen molar-refractivity contribution >= 4 is 11.9 Å². The van der Waals surface area contributed by atoms with Crippen LogP contribution in [0.3, 0.4) is 0 Å². The van der Waals surface area contributed by atoms with Crippen molar-refractivity contribution in [2.24, 2.45) is 16.8 Å². The summed E-state index contributed by atoms with van der Waals surface area (Å²) in [6, 6.07) is 8.16. The predicted octanol–water partition coefficient (Wildman–Crippen LogP) is 2.83. The minimum absolute atomic E-state index is 0.00526. The number of carbonyl (C=O) groups excluding carboxylic acids is 1. The molecule has 0 atom stereocenters. The zero-order chi connectivity index (χ0) is 19.1. The van der Waals surface area contributed by atoms with Crippen LogP contribution in [0, 0.1) is 11.8 Å². The Labute approximate surface area is 161 Å². The van der Waals surface area contributed by atoms with Crippen LogP contribution in [0.15, 0.2) is 29.3 Å². The van der Waals surface area contributed by atoms with Crippen LogP contribution in [0.5, 0.6) is 5.75 Å². The highest BCUT2D eigenvalue weighted by molar-refractivity contribution is 5.80. The highest BCUT2D eigenvalue weighted by atomic mass is 16.5. The molecule has 1 saturated heterocycles. The van der Waals surface area contributed by atoms with Crippen molar-refractivity contribution in [2.75, 3.05) is 33.4 Å². The first-order chi connectivity index (χ1) is 13.2. The van der Waals surface area contributed by atoms with E-state index in [1.54, 1.807) is 0 Å². The van der Waals surface area contributed by atoms with Crippen LogP contribution in [0.4, 0.5) is 0 Å². The topological polar surface area (TPSA) is 63.2 Å². The summed E-state index contributed by atoms with van der Waals surface area (Å²) in [5.41, 5.74) is 1.11. The van der Waals surface area contributed by atoms with Crippen LogP contribution in [0.1, 0.15) is 38.2 Å². The highest BCUT2D eigenvalue weighted by Crippen LogP contribution is 2.30. The molecule has 0 radical (unpaired) electrons. The Balaban J connectivity index is 1.61. The van der Waals surface area contributed by atoms with Crippen LogP contribution >= 0.6 is 0 Å². The molecule has 2 fully saturated rings. The van der Waals surface area contributed by atoms with E-state index in [9.17, 15) is 4.79 Å². The number of hydrogen-bond donors (Lipinski definition) is 1. The van der Waals surface area contributed by atoms with Gasteiger partial charge in [-0.15, -0.1) is 0 Å². The lowest BCUT2D eigenvalue weighted by Gasteiger charge is -2.33. The molecule has 1 aromatic rings. The standard InChI is InChI=1S/C21H31N3O3/c1-3-22-21(24-12-10-17(11-13-24)20(25)26-2)23-14-18-6-4-5-7-19(18)27-15-16-8-9-16/h4-7,16-17H,3,8-15H2,1-2H3,(H,22,23). The van der Waals surface area contributed by atoms with Gasteiger partial charge in [-0.05, 0) is 44.6 Å². The number of esters is 1. The van der Waals surface area contributed by atoms with Gasteiger partial charge < -0.3 is 19.7 Å². The third-order valence-electron chi connectivity index (χ3n) is 5.21. The van der Waals surface area contributed by atoms with Crippen molar-refractivity contribution in [2.45, 2.75) is 39.2 Å². The van der Waals surface area contributed by atoms with E-state index in [0.717, 1.165) is 62.3 Å². The van der Waals surface area contributed by atoms with Crippen molar-refractivity contribution in [3.8, 4) is 5.75 Å². The van der Waals surface area contributed by atoms with Gasteiger partial charge >= 0.3 is 5.97 Å². The summed E-state index contributed by atoms with van der Waals surface area (Å²) in [6.45, 7) is 5.90. The van der Waals surface area contributed by atoms with Crippen LogP contribution in [0.2, 0.25) is 0 Å². The van der Waals surface area contributed by atoms with Crippen LogP contribution in [-0.4, -0.2) is 50.2 Å². The van der Waals surface area contributed by atoms with E-state index < -0.39 is 0 Å². The maximum Gasteiger partial charge on any atom is 0.308 e. The number of rotatable bonds is 7. The number of ether oxygens (including phenoxy) is 2.